The summed E-state index contributed by atoms with van der Waals surface area (Å²) in [6.07, 6.45) is 4.73. The zero-order chi connectivity index (χ0) is 13.4. The number of benzene rings is 1. The molecule has 5 nitrogen and oxygen atoms in total. The van der Waals surface area contributed by atoms with Crippen LogP contribution in [0.3, 0.4) is 0 Å². The lowest BCUT2D eigenvalue weighted by atomic mass is 10.0. The summed E-state index contributed by atoms with van der Waals surface area (Å²) in [5, 5.41) is 6.51. The van der Waals surface area contributed by atoms with E-state index in [1.807, 2.05) is 18.5 Å². The molecule has 102 valence electrons. The maximum Gasteiger partial charge on any atom is 0.222 e. The van der Waals surface area contributed by atoms with Crippen molar-refractivity contribution < 1.29 is 4.74 Å². The molecule has 2 aliphatic heterocycles. The molecule has 1 aromatic heterocycles. The fraction of sp³-hybridized carbons (Fsp3) is 0.333. The number of hydrogen-bond acceptors (Lipinski definition) is 5. The van der Waals surface area contributed by atoms with Gasteiger partial charge in [-0.05, 0) is 23.3 Å². The minimum absolute atomic E-state index is 0.456. The maximum absolute atomic E-state index is 5.52. The van der Waals surface area contributed by atoms with Gasteiger partial charge in [0, 0.05) is 37.5 Å². The molecule has 4 rings (SSSR count). The lowest BCUT2D eigenvalue weighted by molar-refractivity contribution is 0.357. The average Bonchev–Trinajstić information content (AvgIpc) is 2.91. The second kappa shape index (κ2) is 4.76. The summed E-state index contributed by atoms with van der Waals surface area (Å²) in [5.74, 6) is 1.70. The van der Waals surface area contributed by atoms with Crippen molar-refractivity contribution in [3.63, 3.8) is 0 Å². The minimum atomic E-state index is 0.456. The van der Waals surface area contributed by atoms with Crippen LogP contribution in [0.4, 0.5) is 5.95 Å². The Morgan fingerprint density at radius 3 is 2.75 bits per heavy atom. The van der Waals surface area contributed by atoms with Crippen LogP contribution in [0.2, 0.25) is 0 Å². The molecule has 2 N–H and O–H groups in total. The van der Waals surface area contributed by atoms with Crippen molar-refractivity contribution in [2.24, 2.45) is 0 Å². The van der Waals surface area contributed by atoms with E-state index in [0.29, 0.717) is 12.0 Å². The Bertz CT molecular complexity index is 622. The molecule has 2 aliphatic rings. The van der Waals surface area contributed by atoms with Gasteiger partial charge in [0.05, 0.1) is 12.6 Å². The molecule has 0 atom stereocenters. The van der Waals surface area contributed by atoms with Gasteiger partial charge in [0.1, 0.15) is 5.75 Å². The van der Waals surface area contributed by atoms with Gasteiger partial charge in [-0.1, -0.05) is 6.07 Å². The van der Waals surface area contributed by atoms with Crippen LogP contribution in [0.5, 0.6) is 5.75 Å². The van der Waals surface area contributed by atoms with Crippen molar-refractivity contribution in [1.82, 2.24) is 15.3 Å². The molecule has 0 radical (unpaired) electrons. The summed E-state index contributed by atoms with van der Waals surface area (Å²) in [7, 11) is 0. The number of ether oxygens (including phenoxy) is 1. The van der Waals surface area contributed by atoms with Crippen LogP contribution in [0.1, 0.15) is 5.56 Å². The summed E-state index contributed by atoms with van der Waals surface area (Å²) < 4.78 is 5.52. The van der Waals surface area contributed by atoms with Crippen molar-refractivity contribution in [1.29, 1.82) is 0 Å². The molecule has 1 fully saturated rings. The zero-order valence-corrected chi connectivity index (χ0v) is 11.1. The molecule has 0 spiro atoms. The predicted octanol–water partition coefficient (Wildman–Crippen LogP) is 1.46. The molecule has 1 aromatic carbocycles. The number of nitrogens with one attached hydrogen (secondary N) is 2. The first-order valence-corrected chi connectivity index (χ1v) is 6.94. The van der Waals surface area contributed by atoms with Crippen molar-refractivity contribution in [3.8, 4) is 16.9 Å². The van der Waals surface area contributed by atoms with Gasteiger partial charge in [-0.25, -0.2) is 9.97 Å². The number of aromatic nitrogens is 2. The van der Waals surface area contributed by atoms with Crippen LogP contribution in [-0.2, 0) is 6.42 Å². The summed E-state index contributed by atoms with van der Waals surface area (Å²) in [4.78, 5) is 8.78. The Balaban J connectivity index is 1.55. The molecule has 3 heterocycles. The molecular formula is C15H16N4O. The summed E-state index contributed by atoms with van der Waals surface area (Å²) in [5.41, 5.74) is 3.45. The molecular weight excluding hydrogens is 252 g/mol. The smallest absolute Gasteiger partial charge is 0.222 e. The highest BCUT2D eigenvalue weighted by Gasteiger charge is 2.17. The molecule has 2 aromatic rings. The highest BCUT2D eigenvalue weighted by atomic mass is 16.5. The lowest BCUT2D eigenvalue weighted by Crippen LogP contribution is -2.51. The van der Waals surface area contributed by atoms with E-state index in [4.69, 9.17) is 4.74 Å². The van der Waals surface area contributed by atoms with Crippen molar-refractivity contribution >= 4 is 5.95 Å². The van der Waals surface area contributed by atoms with E-state index < -0.39 is 0 Å². The first-order valence-electron chi connectivity index (χ1n) is 6.94. The Morgan fingerprint density at radius 2 is 2.00 bits per heavy atom. The third kappa shape index (κ3) is 2.10. The molecule has 0 amide bonds. The topological polar surface area (TPSA) is 59.1 Å². The normalized spacial score (nSPS) is 17.2. The Kier molecular flexibility index (Phi) is 2.77. The van der Waals surface area contributed by atoms with Gasteiger partial charge in [0.25, 0.3) is 0 Å². The summed E-state index contributed by atoms with van der Waals surface area (Å²) in [6, 6.07) is 6.72. The monoisotopic (exact) mass is 268 g/mol. The first-order chi connectivity index (χ1) is 9.88. The highest BCUT2D eigenvalue weighted by molar-refractivity contribution is 5.65. The average molecular weight is 268 g/mol. The number of anilines is 1. The van der Waals surface area contributed by atoms with E-state index >= 15 is 0 Å². The van der Waals surface area contributed by atoms with E-state index in [0.717, 1.165) is 43.0 Å². The fourth-order valence-corrected chi connectivity index (χ4v) is 2.49. The largest absolute Gasteiger partial charge is 0.493 e. The molecule has 0 saturated carbocycles. The van der Waals surface area contributed by atoms with Gasteiger partial charge in [-0.2, -0.15) is 0 Å². The SMILES string of the molecule is c1cc2c(cc1-c1cnc(NC3CNC3)nc1)CCO2. The predicted molar refractivity (Wildman–Crippen MR) is 76.9 cm³/mol. The van der Waals surface area contributed by atoms with Gasteiger partial charge < -0.3 is 15.4 Å². The molecule has 20 heavy (non-hydrogen) atoms. The van der Waals surface area contributed by atoms with E-state index in [9.17, 15) is 0 Å². The number of hydrogen-bond donors (Lipinski definition) is 2. The third-order valence-electron chi connectivity index (χ3n) is 3.79. The van der Waals surface area contributed by atoms with Crippen molar-refractivity contribution in [3.05, 3.63) is 36.2 Å². The second-order valence-electron chi connectivity index (χ2n) is 5.22. The molecule has 1 saturated heterocycles. The Morgan fingerprint density at radius 1 is 1.15 bits per heavy atom. The van der Waals surface area contributed by atoms with Crippen LogP contribution in [0.25, 0.3) is 11.1 Å². The van der Waals surface area contributed by atoms with Crippen LogP contribution in [0, 0.1) is 0 Å². The standard InChI is InChI=1S/C15H16N4O/c1-2-14-11(3-4-20-14)5-10(1)12-6-17-15(18-7-12)19-13-8-16-9-13/h1-2,5-7,13,16H,3-4,8-9H2,(H,17,18,19). The third-order valence-corrected chi connectivity index (χ3v) is 3.79. The van der Waals surface area contributed by atoms with Gasteiger partial charge in [0.15, 0.2) is 0 Å². The van der Waals surface area contributed by atoms with E-state index in [-0.39, 0.29) is 0 Å². The quantitative estimate of drug-likeness (QED) is 0.882. The minimum Gasteiger partial charge on any atom is -0.493 e. The second-order valence-corrected chi connectivity index (χ2v) is 5.22. The van der Waals surface area contributed by atoms with Crippen molar-refractivity contribution in [2.75, 3.05) is 25.0 Å². The van der Waals surface area contributed by atoms with E-state index in [2.05, 4.69) is 32.7 Å². The number of rotatable bonds is 3. The Labute approximate surface area is 117 Å². The van der Waals surface area contributed by atoms with E-state index in [1.54, 1.807) is 0 Å². The molecule has 0 aliphatic carbocycles. The zero-order valence-electron chi connectivity index (χ0n) is 11.1. The molecule has 5 heteroatoms. The number of fused-ring (bicyclic) bond motifs is 1. The lowest BCUT2D eigenvalue weighted by Gasteiger charge is -2.27. The van der Waals surface area contributed by atoms with Gasteiger partial charge >= 0.3 is 0 Å². The Hall–Kier alpha value is -2.14. The van der Waals surface area contributed by atoms with Crippen molar-refractivity contribution in [2.45, 2.75) is 12.5 Å². The molecule has 0 unspecified atom stereocenters. The van der Waals surface area contributed by atoms with Crippen LogP contribution in [-0.4, -0.2) is 35.7 Å². The molecule has 0 bridgehead atoms. The van der Waals surface area contributed by atoms with Gasteiger partial charge in [-0.3, -0.25) is 0 Å². The summed E-state index contributed by atoms with van der Waals surface area (Å²) in [6.45, 7) is 2.75. The number of nitrogens with zero attached hydrogens (tertiary/aromatic N) is 2. The van der Waals surface area contributed by atoms with Crippen LogP contribution < -0.4 is 15.4 Å². The van der Waals surface area contributed by atoms with E-state index in [1.165, 1.54) is 5.56 Å². The first kappa shape index (κ1) is 11.7. The van der Waals surface area contributed by atoms with Gasteiger partial charge in [0.2, 0.25) is 5.95 Å². The van der Waals surface area contributed by atoms with Crippen LogP contribution in [0.15, 0.2) is 30.6 Å². The van der Waals surface area contributed by atoms with Crippen LogP contribution >= 0.6 is 0 Å². The highest BCUT2D eigenvalue weighted by Crippen LogP contribution is 2.30. The van der Waals surface area contributed by atoms with Gasteiger partial charge in [-0.15, -0.1) is 0 Å². The maximum atomic E-state index is 5.52. The fourth-order valence-electron chi connectivity index (χ4n) is 2.49. The summed E-state index contributed by atoms with van der Waals surface area (Å²) >= 11 is 0.